The number of hydrogen-bond donors (Lipinski definition) is 2. The zero-order valence-corrected chi connectivity index (χ0v) is 16.6. The van der Waals surface area contributed by atoms with Crippen LogP contribution >= 0.6 is 0 Å². The van der Waals surface area contributed by atoms with Gasteiger partial charge < -0.3 is 15.5 Å². The first-order valence-electron chi connectivity index (χ1n) is 9.49. The molecule has 0 bridgehead atoms. The molecule has 0 fully saturated rings. The molecule has 6 heteroatoms. The topological polar surface area (TPSA) is 62.2 Å². The van der Waals surface area contributed by atoms with Crippen LogP contribution in [0.4, 0.5) is 16.2 Å². The quantitative estimate of drug-likeness (QED) is 0.609. The Hall–Kier alpha value is -3.28. The Morgan fingerprint density at radius 2 is 1.68 bits per heavy atom. The average Bonchev–Trinajstić information content (AvgIpc) is 3.00. The number of aryl methyl sites for hydroxylation is 1. The molecule has 6 nitrogen and oxygen atoms in total. The number of aromatic nitrogens is 2. The van der Waals surface area contributed by atoms with Crippen LogP contribution in [0.15, 0.2) is 60.7 Å². The maximum atomic E-state index is 12.3. The molecule has 0 spiro atoms. The largest absolute Gasteiger partial charge is 0.375 e. The van der Waals surface area contributed by atoms with Crippen molar-refractivity contribution in [2.75, 3.05) is 30.4 Å². The highest BCUT2D eigenvalue weighted by Gasteiger charge is 2.14. The first kappa shape index (κ1) is 19.5. The van der Waals surface area contributed by atoms with Crippen molar-refractivity contribution in [3.05, 3.63) is 72.1 Å². The van der Waals surface area contributed by atoms with Crippen LogP contribution in [0.5, 0.6) is 0 Å². The van der Waals surface area contributed by atoms with Crippen molar-refractivity contribution in [1.29, 1.82) is 0 Å². The van der Waals surface area contributed by atoms with E-state index in [9.17, 15) is 4.79 Å². The molecule has 2 amide bonds. The fourth-order valence-corrected chi connectivity index (χ4v) is 3.13. The Balaban J connectivity index is 1.51. The second-order valence-electron chi connectivity index (χ2n) is 6.78. The highest BCUT2D eigenvalue weighted by Crippen LogP contribution is 2.22. The molecule has 0 saturated heterocycles. The van der Waals surface area contributed by atoms with E-state index in [4.69, 9.17) is 0 Å². The lowest BCUT2D eigenvalue weighted by molar-refractivity contribution is 0.252. The molecule has 0 atom stereocenters. The van der Waals surface area contributed by atoms with Gasteiger partial charge in [-0.1, -0.05) is 36.4 Å². The van der Waals surface area contributed by atoms with Gasteiger partial charge in [-0.3, -0.25) is 0 Å². The lowest BCUT2D eigenvalue weighted by Crippen LogP contribution is -2.32. The molecule has 0 aliphatic heterocycles. The number of anilines is 2. The standard InChI is InChI=1S/C22H27N5O/c1-17-21(18(2)27(25-17)20-13-8-5-9-14-20)24-22(28)23-15-10-16-26(3)19-11-6-4-7-12-19/h4-9,11-14H,10,15-16H2,1-3H3,(H2,23,24,28). The molecule has 2 aromatic carbocycles. The van der Waals surface area contributed by atoms with Crippen LogP contribution in [0.2, 0.25) is 0 Å². The van der Waals surface area contributed by atoms with Gasteiger partial charge in [-0.25, -0.2) is 9.48 Å². The predicted molar refractivity (Wildman–Crippen MR) is 114 cm³/mol. The fourth-order valence-electron chi connectivity index (χ4n) is 3.13. The normalized spacial score (nSPS) is 10.5. The maximum Gasteiger partial charge on any atom is 0.319 e. The van der Waals surface area contributed by atoms with E-state index in [1.54, 1.807) is 0 Å². The Labute approximate surface area is 166 Å². The summed E-state index contributed by atoms with van der Waals surface area (Å²) >= 11 is 0. The Kier molecular flexibility index (Phi) is 6.32. The van der Waals surface area contributed by atoms with Gasteiger partial charge in [0, 0.05) is 25.8 Å². The second-order valence-corrected chi connectivity index (χ2v) is 6.78. The van der Waals surface area contributed by atoms with Gasteiger partial charge in [-0.15, -0.1) is 0 Å². The van der Waals surface area contributed by atoms with Crippen LogP contribution in [0.25, 0.3) is 5.69 Å². The van der Waals surface area contributed by atoms with E-state index in [0.717, 1.165) is 35.7 Å². The van der Waals surface area contributed by atoms with Crippen LogP contribution in [0.3, 0.4) is 0 Å². The zero-order chi connectivity index (χ0) is 19.9. The summed E-state index contributed by atoms with van der Waals surface area (Å²) in [6, 6.07) is 19.9. The number of urea groups is 1. The lowest BCUT2D eigenvalue weighted by atomic mass is 10.3. The predicted octanol–water partition coefficient (Wildman–Crippen LogP) is 4.14. The molecule has 0 radical (unpaired) electrons. The van der Waals surface area contributed by atoms with Gasteiger partial charge in [0.05, 0.1) is 22.8 Å². The minimum atomic E-state index is -0.207. The van der Waals surface area contributed by atoms with Crippen molar-refractivity contribution in [3.63, 3.8) is 0 Å². The second kappa shape index (κ2) is 9.08. The van der Waals surface area contributed by atoms with Crippen LogP contribution in [0.1, 0.15) is 17.8 Å². The smallest absolute Gasteiger partial charge is 0.319 e. The zero-order valence-electron chi connectivity index (χ0n) is 16.6. The van der Waals surface area contributed by atoms with Gasteiger partial charge in [0.25, 0.3) is 0 Å². The molecule has 0 aliphatic rings. The molecule has 1 aromatic heterocycles. The summed E-state index contributed by atoms with van der Waals surface area (Å²) in [5.41, 5.74) is 4.60. The van der Waals surface area contributed by atoms with E-state index in [1.165, 1.54) is 5.69 Å². The average molecular weight is 377 g/mol. The van der Waals surface area contributed by atoms with Crippen LogP contribution < -0.4 is 15.5 Å². The minimum Gasteiger partial charge on any atom is -0.375 e. The lowest BCUT2D eigenvalue weighted by Gasteiger charge is -2.19. The number of benzene rings is 2. The van der Waals surface area contributed by atoms with E-state index in [1.807, 2.05) is 67.1 Å². The molecule has 0 saturated carbocycles. The summed E-state index contributed by atoms with van der Waals surface area (Å²) in [4.78, 5) is 14.5. The molecule has 0 unspecified atom stereocenters. The van der Waals surface area contributed by atoms with Gasteiger partial charge in [-0.2, -0.15) is 5.10 Å². The van der Waals surface area contributed by atoms with E-state index in [0.29, 0.717) is 6.54 Å². The van der Waals surface area contributed by atoms with Crippen molar-refractivity contribution in [1.82, 2.24) is 15.1 Å². The summed E-state index contributed by atoms with van der Waals surface area (Å²) in [6.07, 6.45) is 0.861. The number of rotatable bonds is 7. The summed E-state index contributed by atoms with van der Waals surface area (Å²) in [5.74, 6) is 0. The van der Waals surface area contributed by atoms with Crippen LogP contribution in [0, 0.1) is 13.8 Å². The van der Waals surface area contributed by atoms with Gasteiger partial charge in [0.15, 0.2) is 0 Å². The molecule has 1 heterocycles. The van der Waals surface area contributed by atoms with Crippen molar-refractivity contribution >= 4 is 17.4 Å². The SMILES string of the molecule is Cc1nn(-c2ccccc2)c(C)c1NC(=O)NCCCN(C)c1ccccc1. The summed E-state index contributed by atoms with van der Waals surface area (Å²) in [6.45, 7) is 5.33. The van der Waals surface area contributed by atoms with E-state index < -0.39 is 0 Å². The molecular formula is C22H27N5O. The molecular weight excluding hydrogens is 350 g/mol. The maximum absolute atomic E-state index is 12.3. The Morgan fingerprint density at radius 1 is 1.04 bits per heavy atom. The Morgan fingerprint density at radius 3 is 2.36 bits per heavy atom. The number of hydrogen-bond acceptors (Lipinski definition) is 3. The minimum absolute atomic E-state index is 0.207. The van der Waals surface area contributed by atoms with Gasteiger partial charge in [0.1, 0.15) is 0 Å². The molecule has 0 aliphatic carbocycles. The third-order valence-corrected chi connectivity index (χ3v) is 4.68. The summed E-state index contributed by atoms with van der Waals surface area (Å²) in [7, 11) is 2.06. The summed E-state index contributed by atoms with van der Waals surface area (Å²) in [5, 5.41) is 10.4. The first-order valence-corrected chi connectivity index (χ1v) is 9.49. The Bertz CT molecular complexity index is 905. The third-order valence-electron chi connectivity index (χ3n) is 4.68. The molecule has 3 rings (SSSR count). The van der Waals surface area contributed by atoms with Crippen molar-refractivity contribution < 1.29 is 4.79 Å². The fraction of sp³-hybridized carbons (Fsp3) is 0.273. The first-order chi connectivity index (χ1) is 13.6. The number of carbonyl (C=O) groups excluding carboxylic acids is 1. The van der Waals surface area contributed by atoms with Gasteiger partial charge in [-0.05, 0) is 44.5 Å². The molecule has 28 heavy (non-hydrogen) atoms. The molecule has 3 aromatic rings. The van der Waals surface area contributed by atoms with E-state index >= 15 is 0 Å². The highest BCUT2D eigenvalue weighted by atomic mass is 16.2. The number of amides is 2. The monoisotopic (exact) mass is 377 g/mol. The van der Waals surface area contributed by atoms with E-state index in [-0.39, 0.29) is 6.03 Å². The van der Waals surface area contributed by atoms with Crippen LogP contribution in [-0.2, 0) is 0 Å². The number of carbonyl (C=O) groups is 1. The number of para-hydroxylation sites is 2. The van der Waals surface area contributed by atoms with Crippen molar-refractivity contribution in [2.45, 2.75) is 20.3 Å². The summed E-state index contributed by atoms with van der Waals surface area (Å²) < 4.78 is 1.85. The number of nitrogens with one attached hydrogen (secondary N) is 2. The molecule has 146 valence electrons. The van der Waals surface area contributed by atoms with Gasteiger partial charge >= 0.3 is 6.03 Å². The van der Waals surface area contributed by atoms with Crippen molar-refractivity contribution in [2.24, 2.45) is 0 Å². The van der Waals surface area contributed by atoms with Gasteiger partial charge in [0.2, 0.25) is 0 Å². The van der Waals surface area contributed by atoms with Crippen molar-refractivity contribution in [3.8, 4) is 5.69 Å². The number of nitrogens with zero attached hydrogens (tertiary/aromatic N) is 3. The highest BCUT2D eigenvalue weighted by molar-refractivity contribution is 5.90. The molecule has 2 N–H and O–H groups in total. The van der Waals surface area contributed by atoms with E-state index in [2.05, 4.69) is 39.8 Å². The third kappa shape index (κ3) is 4.71. The van der Waals surface area contributed by atoms with Crippen LogP contribution in [-0.4, -0.2) is 35.9 Å².